The monoisotopic (exact) mass is 728 g/mol. The zero-order chi connectivity index (χ0) is 37.7. The first kappa shape index (κ1) is 32.7. The number of para-hydroxylation sites is 5. The van der Waals surface area contributed by atoms with Gasteiger partial charge in [-0.25, -0.2) is 4.98 Å². The lowest BCUT2D eigenvalue weighted by Crippen LogP contribution is -2.10. The Morgan fingerprint density at radius 2 is 0.825 bits per heavy atom. The van der Waals surface area contributed by atoms with E-state index in [1.54, 1.807) is 0 Å². The molecule has 0 amide bonds. The predicted octanol–water partition coefficient (Wildman–Crippen LogP) is 14.1. The highest BCUT2D eigenvalue weighted by Crippen LogP contribution is 2.40. The van der Waals surface area contributed by atoms with Crippen LogP contribution in [0.5, 0.6) is 0 Å². The molecule has 0 aliphatic carbocycles. The molecular weight excluding hydrogens is 693 g/mol. The van der Waals surface area contributed by atoms with Crippen molar-refractivity contribution in [2.24, 2.45) is 0 Å². The third kappa shape index (κ3) is 5.58. The van der Waals surface area contributed by atoms with E-state index in [0.717, 1.165) is 50.9 Å². The Kier molecular flexibility index (Phi) is 7.78. The molecule has 4 nitrogen and oxygen atoms in total. The van der Waals surface area contributed by atoms with Crippen molar-refractivity contribution in [2.45, 2.75) is 0 Å². The van der Waals surface area contributed by atoms with Gasteiger partial charge in [0.15, 0.2) is 0 Å². The Balaban J connectivity index is 1.03. The van der Waals surface area contributed by atoms with E-state index >= 15 is 0 Å². The van der Waals surface area contributed by atoms with E-state index < -0.39 is 0 Å². The Morgan fingerprint density at radius 3 is 1.49 bits per heavy atom. The average Bonchev–Trinajstić information content (AvgIpc) is 3.84. The summed E-state index contributed by atoms with van der Waals surface area (Å²) in [4.78, 5) is 7.47. The van der Waals surface area contributed by atoms with Gasteiger partial charge in [0, 0.05) is 44.8 Å². The Morgan fingerprint density at radius 1 is 0.333 bits per heavy atom. The number of aromatic nitrogens is 3. The maximum absolute atomic E-state index is 5.13. The lowest BCUT2D eigenvalue weighted by atomic mass is 9.98. The standard InChI is InChI=1S/C53H36N4/c1-2-15-40(16-3-1)57-52-24-11-8-21-49(52)54-53(57)39-27-31-42(32-28-39)55(41-29-25-38(26-30-41)46-20-12-14-37-13-4-5-17-45(37)46)43-33-35-44(36-34-43)56-50-22-9-6-18-47(50)48-19-7-10-23-51(48)56/h1-36H. The van der Waals surface area contributed by atoms with E-state index in [1.807, 2.05) is 6.07 Å². The first-order valence-electron chi connectivity index (χ1n) is 19.4. The minimum Gasteiger partial charge on any atom is -0.311 e. The van der Waals surface area contributed by atoms with Crippen molar-refractivity contribution in [3.8, 4) is 33.9 Å². The highest BCUT2D eigenvalue weighted by molar-refractivity contribution is 6.09. The third-order valence-corrected chi connectivity index (χ3v) is 11.1. The van der Waals surface area contributed by atoms with E-state index in [1.165, 1.54) is 43.7 Å². The number of imidazole rings is 1. The molecule has 0 saturated carbocycles. The summed E-state index contributed by atoms with van der Waals surface area (Å²) in [5.74, 6) is 0.912. The molecule has 0 saturated heterocycles. The smallest absolute Gasteiger partial charge is 0.145 e. The molecular formula is C53H36N4. The quantitative estimate of drug-likeness (QED) is 0.163. The summed E-state index contributed by atoms with van der Waals surface area (Å²) in [6, 6.07) is 78.0. The maximum Gasteiger partial charge on any atom is 0.145 e. The van der Waals surface area contributed by atoms with Crippen molar-refractivity contribution >= 4 is 60.7 Å². The van der Waals surface area contributed by atoms with E-state index in [2.05, 4.69) is 226 Å². The van der Waals surface area contributed by atoms with Crippen LogP contribution in [0.25, 0.3) is 77.5 Å². The van der Waals surface area contributed by atoms with Gasteiger partial charge in [0.25, 0.3) is 0 Å². The minimum absolute atomic E-state index is 0.912. The fourth-order valence-electron chi connectivity index (χ4n) is 8.48. The largest absolute Gasteiger partial charge is 0.311 e. The van der Waals surface area contributed by atoms with Crippen LogP contribution < -0.4 is 4.90 Å². The second kappa shape index (κ2) is 13.6. The number of hydrogen-bond acceptors (Lipinski definition) is 2. The molecule has 11 aromatic rings. The fourth-order valence-corrected chi connectivity index (χ4v) is 8.48. The number of rotatable bonds is 7. The molecule has 0 bridgehead atoms. The molecule has 2 aromatic heterocycles. The van der Waals surface area contributed by atoms with Gasteiger partial charge in [0.05, 0.1) is 22.1 Å². The number of benzene rings is 9. The van der Waals surface area contributed by atoms with Gasteiger partial charge in [0.1, 0.15) is 5.82 Å². The maximum atomic E-state index is 5.13. The lowest BCUT2D eigenvalue weighted by Gasteiger charge is -2.26. The van der Waals surface area contributed by atoms with Crippen molar-refractivity contribution in [1.82, 2.24) is 14.1 Å². The van der Waals surface area contributed by atoms with Crippen LogP contribution in [0.1, 0.15) is 0 Å². The van der Waals surface area contributed by atoms with Gasteiger partial charge in [-0.1, -0.05) is 121 Å². The van der Waals surface area contributed by atoms with Crippen LogP contribution in [0.2, 0.25) is 0 Å². The zero-order valence-corrected chi connectivity index (χ0v) is 31.1. The second-order valence-electron chi connectivity index (χ2n) is 14.4. The summed E-state index contributed by atoms with van der Waals surface area (Å²) in [6.45, 7) is 0. The molecule has 11 rings (SSSR count). The highest BCUT2D eigenvalue weighted by Gasteiger charge is 2.18. The summed E-state index contributed by atoms with van der Waals surface area (Å²) in [6.07, 6.45) is 0. The molecule has 0 N–H and O–H groups in total. The van der Waals surface area contributed by atoms with Crippen LogP contribution in [0.3, 0.4) is 0 Å². The third-order valence-electron chi connectivity index (χ3n) is 11.1. The van der Waals surface area contributed by atoms with Crippen LogP contribution in [0.15, 0.2) is 218 Å². The summed E-state index contributed by atoms with van der Waals surface area (Å²) >= 11 is 0. The molecule has 9 aromatic carbocycles. The molecule has 268 valence electrons. The van der Waals surface area contributed by atoms with Crippen LogP contribution in [-0.4, -0.2) is 14.1 Å². The number of nitrogens with zero attached hydrogens (tertiary/aromatic N) is 4. The Hall–Kier alpha value is -7.69. The van der Waals surface area contributed by atoms with Crippen molar-refractivity contribution in [3.05, 3.63) is 218 Å². The molecule has 0 aliphatic heterocycles. The van der Waals surface area contributed by atoms with Crippen LogP contribution in [0, 0.1) is 0 Å². The van der Waals surface area contributed by atoms with Crippen LogP contribution >= 0.6 is 0 Å². The van der Waals surface area contributed by atoms with Crippen molar-refractivity contribution in [1.29, 1.82) is 0 Å². The Bertz CT molecular complexity index is 3150. The van der Waals surface area contributed by atoms with Crippen LogP contribution in [0.4, 0.5) is 17.1 Å². The fraction of sp³-hybridized carbons (Fsp3) is 0. The lowest BCUT2D eigenvalue weighted by molar-refractivity contribution is 1.10. The zero-order valence-electron chi connectivity index (χ0n) is 31.1. The average molecular weight is 729 g/mol. The van der Waals surface area contributed by atoms with Gasteiger partial charge >= 0.3 is 0 Å². The molecule has 0 radical (unpaired) electrons. The minimum atomic E-state index is 0.912. The molecule has 0 atom stereocenters. The summed E-state index contributed by atoms with van der Waals surface area (Å²) in [5.41, 5.74) is 13.3. The summed E-state index contributed by atoms with van der Waals surface area (Å²) < 4.78 is 4.62. The topological polar surface area (TPSA) is 26.0 Å². The molecule has 0 fully saturated rings. The van der Waals surface area contributed by atoms with Gasteiger partial charge in [-0.05, 0) is 119 Å². The van der Waals surface area contributed by atoms with Gasteiger partial charge < -0.3 is 9.47 Å². The molecule has 0 aliphatic rings. The van der Waals surface area contributed by atoms with Gasteiger partial charge in [-0.15, -0.1) is 0 Å². The molecule has 0 spiro atoms. The van der Waals surface area contributed by atoms with E-state index in [0.29, 0.717) is 0 Å². The highest BCUT2D eigenvalue weighted by atomic mass is 15.1. The van der Waals surface area contributed by atoms with Gasteiger partial charge in [-0.3, -0.25) is 4.57 Å². The SMILES string of the molecule is c1ccc(-n2c(-c3ccc(N(c4ccc(-c5cccc6ccccc56)cc4)c4ccc(-n5c6ccccc6c6ccccc65)cc4)cc3)nc3ccccc32)cc1. The molecule has 2 heterocycles. The van der Waals surface area contributed by atoms with E-state index in [-0.39, 0.29) is 0 Å². The van der Waals surface area contributed by atoms with Crippen molar-refractivity contribution in [3.63, 3.8) is 0 Å². The van der Waals surface area contributed by atoms with Crippen molar-refractivity contribution < 1.29 is 0 Å². The summed E-state index contributed by atoms with van der Waals surface area (Å²) in [7, 11) is 0. The number of hydrogen-bond donors (Lipinski definition) is 0. The molecule has 0 unspecified atom stereocenters. The number of anilines is 3. The van der Waals surface area contributed by atoms with Gasteiger partial charge in [-0.2, -0.15) is 0 Å². The predicted molar refractivity (Wildman–Crippen MR) is 238 cm³/mol. The van der Waals surface area contributed by atoms with E-state index in [9.17, 15) is 0 Å². The van der Waals surface area contributed by atoms with Gasteiger partial charge in [0.2, 0.25) is 0 Å². The van der Waals surface area contributed by atoms with Crippen LogP contribution in [-0.2, 0) is 0 Å². The summed E-state index contributed by atoms with van der Waals surface area (Å²) in [5, 5.41) is 5.00. The molecule has 4 heteroatoms. The van der Waals surface area contributed by atoms with Crippen molar-refractivity contribution in [2.75, 3.05) is 4.90 Å². The number of fused-ring (bicyclic) bond motifs is 5. The first-order valence-corrected chi connectivity index (χ1v) is 19.4. The second-order valence-corrected chi connectivity index (χ2v) is 14.4. The Labute approximate surface area is 330 Å². The first-order chi connectivity index (χ1) is 28.3. The molecule has 57 heavy (non-hydrogen) atoms. The normalized spacial score (nSPS) is 11.5. The van der Waals surface area contributed by atoms with E-state index in [4.69, 9.17) is 4.98 Å².